The van der Waals surface area contributed by atoms with Gasteiger partial charge in [0.05, 0.1) is 6.54 Å². The highest BCUT2D eigenvalue weighted by atomic mass is 16.1. The molecule has 1 aliphatic rings. The monoisotopic (exact) mass is 136 g/mol. The van der Waals surface area contributed by atoms with Crippen LogP contribution >= 0.6 is 0 Å². The Labute approximate surface area is 59.2 Å². The Morgan fingerprint density at radius 1 is 1.60 bits per heavy atom. The molecule has 10 heavy (non-hydrogen) atoms. The van der Waals surface area contributed by atoms with Gasteiger partial charge in [-0.15, -0.1) is 0 Å². The van der Waals surface area contributed by atoms with Crippen molar-refractivity contribution in [3.05, 3.63) is 24.3 Å². The Bertz CT molecular complexity index is 204. The minimum atomic E-state index is 0.611. The molecule has 0 spiro atoms. The zero-order valence-electron chi connectivity index (χ0n) is 5.45. The van der Waals surface area contributed by atoms with Crippen molar-refractivity contribution < 1.29 is 4.79 Å². The van der Waals surface area contributed by atoms with Crippen LogP contribution in [0.1, 0.15) is 0 Å². The molecule has 0 radical (unpaired) electrons. The molecule has 0 aliphatic carbocycles. The predicted octanol–water partition coefficient (Wildman–Crippen LogP) is 0.257. The van der Waals surface area contributed by atoms with Gasteiger partial charge in [0.25, 0.3) is 0 Å². The van der Waals surface area contributed by atoms with E-state index in [-0.39, 0.29) is 0 Å². The molecular formula is C7H8N2O. The van der Waals surface area contributed by atoms with E-state index in [1.165, 1.54) is 0 Å². The first-order valence-corrected chi connectivity index (χ1v) is 3.01. The molecule has 1 N–H and O–H groups in total. The zero-order valence-corrected chi connectivity index (χ0v) is 5.45. The second-order valence-electron chi connectivity index (χ2n) is 1.78. The summed E-state index contributed by atoms with van der Waals surface area (Å²) in [6, 6.07) is 0. The largest absolute Gasteiger partial charge is 0.314 e. The van der Waals surface area contributed by atoms with Gasteiger partial charge in [-0.1, -0.05) is 18.2 Å². The van der Waals surface area contributed by atoms with E-state index in [0.29, 0.717) is 18.8 Å². The van der Waals surface area contributed by atoms with E-state index < -0.39 is 0 Å². The second-order valence-corrected chi connectivity index (χ2v) is 1.78. The van der Waals surface area contributed by atoms with Crippen LogP contribution in [0.3, 0.4) is 0 Å². The molecule has 0 atom stereocenters. The Balaban J connectivity index is 2.59. The van der Waals surface area contributed by atoms with E-state index in [1.807, 2.05) is 18.2 Å². The SMILES string of the molecule is O=CNC1=NCC=CC=C1. The first-order valence-electron chi connectivity index (χ1n) is 3.01. The quantitative estimate of drug-likeness (QED) is 0.516. The summed E-state index contributed by atoms with van der Waals surface area (Å²) >= 11 is 0. The molecule has 0 saturated heterocycles. The summed E-state index contributed by atoms with van der Waals surface area (Å²) in [5, 5.41) is 2.47. The number of nitrogens with one attached hydrogen (secondary N) is 1. The van der Waals surface area contributed by atoms with Gasteiger partial charge in [-0.2, -0.15) is 0 Å². The normalized spacial score (nSPS) is 15.8. The summed E-state index contributed by atoms with van der Waals surface area (Å²) in [6.45, 7) is 0.628. The van der Waals surface area contributed by atoms with E-state index in [1.54, 1.807) is 6.08 Å². The molecule has 0 aromatic heterocycles. The van der Waals surface area contributed by atoms with Crippen molar-refractivity contribution in [2.45, 2.75) is 0 Å². The van der Waals surface area contributed by atoms with Crippen LogP contribution in [0.15, 0.2) is 29.3 Å². The lowest BCUT2D eigenvalue weighted by Crippen LogP contribution is -2.18. The van der Waals surface area contributed by atoms with Gasteiger partial charge < -0.3 is 5.32 Å². The topological polar surface area (TPSA) is 41.5 Å². The molecular weight excluding hydrogens is 128 g/mol. The lowest BCUT2D eigenvalue weighted by atomic mass is 10.4. The molecule has 1 aliphatic heterocycles. The first kappa shape index (κ1) is 6.74. The lowest BCUT2D eigenvalue weighted by molar-refractivity contribution is -0.108. The number of amidine groups is 1. The highest BCUT2D eigenvalue weighted by molar-refractivity contribution is 5.99. The third-order valence-corrected chi connectivity index (χ3v) is 1.08. The summed E-state index contributed by atoms with van der Waals surface area (Å²) in [6.07, 6.45) is 8.01. The fraction of sp³-hybridized carbons (Fsp3) is 0.143. The van der Waals surface area contributed by atoms with Crippen LogP contribution in [0.25, 0.3) is 0 Å². The molecule has 0 fully saturated rings. The van der Waals surface area contributed by atoms with Crippen LogP contribution in [0.5, 0.6) is 0 Å². The van der Waals surface area contributed by atoms with Gasteiger partial charge in [0.15, 0.2) is 0 Å². The third-order valence-electron chi connectivity index (χ3n) is 1.08. The zero-order chi connectivity index (χ0) is 7.23. The van der Waals surface area contributed by atoms with Gasteiger partial charge in [0.2, 0.25) is 6.41 Å². The molecule has 3 nitrogen and oxygen atoms in total. The van der Waals surface area contributed by atoms with Crippen molar-refractivity contribution in [1.82, 2.24) is 5.32 Å². The molecule has 0 aromatic carbocycles. The molecule has 1 heterocycles. The molecule has 0 bridgehead atoms. The highest BCUT2D eigenvalue weighted by Gasteiger charge is 1.89. The molecule has 3 heteroatoms. The summed E-state index contributed by atoms with van der Waals surface area (Å²) in [5.41, 5.74) is 0. The van der Waals surface area contributed by atoms with Crippen LogP contribution in [-0.2, 0) is 4.79 Å². The number of carbonyl (C=O) groups is 1. The van der Waals surface area contributed by atoms with E-state index in [9.17, 15) is 4.79 Å². The van der Waals surface area contributed by atoms with Gasteiger partial charge in [-0.25, -0.2) is 0 Å². The highest BCUT2D eigenvalue weighted by Crippen LogP contribution is 1.87. The number of hydrogen-bond donors (Lipinski definition) is 1. The average Bonchev–Trinajstić information content (AvgIpc) is 2.17. The number of aliphatic imine (C=N–C) groups is 1. The predicted molar refractivity (Wildman–Crippen MR) is 39.8 cm³/mol. The summed E-state index contributed by atoms with van der Waals surface area (Å²) < 4.78 is 0. The van der Waals surface area contributed by atoms with Crippen LogP contribution in [0, 0.1) is 0 Å². The van der Waals surface area contributed by atoms with Gasteiger partial charge in [-0.3, -0.25) is 9.79 Å². The summed E-state index contributed by atoms with van der Waals surface area (Å²) in [7, 11) is 0. The van der Waals surface area contributed by atoms with Crippen molar-refractivity contribution in [3.63, 3.8) is 0 Å². The molecule has 52 valence electrons. The number of nitrogens with zero attached hydrogens (tertiary/aromatic N) is 1. The van der Waals surface area contributed by atoms with Crippen LogP contribution < -0.4 is 5.32 Å². The number of carbonyl (C=O) groups excluding carboxylic acids is 1. The molecule has 0 aromatic rings. The number of hydrogen-bond acceptors (Lipinski definition) is 2. The summed E-state index contributed by atoms with van der Waals surface area (Å²) in [5.74, 6) is 0.611. The fourth-order valence-electron chi connectivity index (χ4n) is 0.644. The van der Waals surface area contributed by atoms with Crippen LogP contribution in [0.4, 0.5) is 0 Å². The fourth-order valence-corrected chi connectivity index (χ4v) is 0.644. The lowest BCUT2D eigenvalue weighted by Gasteiger charge is -1.93. The Hall–Kier alpha value is -1.38. The van der Waals surface area contributed by atoms with Gasteiger partial charge >= 0.3 is 0 Å². The van der Waals surface area contributed by atoms with E-state index in [2.05, 4.69) is 10.3 Å². The molecule has 1 rings (SSSR count). The van der Waals surface area contributed by atoms with E-state index in [0.717, 1.165) is 0 Å². The summed E-state index contributed by atoms with van der Waals surface area (Å²) in [4.78, 5) is 14.0. The second kappa shape index (κ2) is 3.61. The van der Waals surface area contributed by atoms with Gasteiger partial charge in [-0.05, 0) is 6.08 Å². The maximum absolute atomic E-state index is 9.94. The average molecular weight is 136 g/mol. The van der Waals surface area contributed by atoms with Crippen molar-refractivity contribution in [2.24, 2.45) is 4.99 Å². The Kier molecular flexibility index (Phi) is 2.43. The number of amides is 1. The Morgan fingerprint density at radius 3 is 3.30 bits per heavy atom. The standard InChI is InChI=1S/C7H8N2O/c10-6-9-7-4-2-1-3-5-8-7/h1-4,6H,5H2,(H,8,9,10). The van der Waals surface area contributed by atoms with Crippen molar-refractivity contribution in [2.75, 3.05) is 6.54 Å². The van der Waals surface area contributed by atoms with Gasteiger partial charge in [0.1, 0.15) is 5.84 Å². The minimum Gasteiger partial charge on any atom is -0.314 e. The minimum absolute atomic E-state index is 0.611. The molecule has 0 unspecified atom stereocenters. The maximum atomic E-state index is 9.94. The van der Waals surface area contributed by atoms with Crippen molar-refractivity contribution in [3.8, 4) is 0 Å². The maximum Gasteiger partial charge on any atom is 0.212 e. The van der Waals surface area contributed by atoms with Crippen molar-refractivity contribution in [1.29, 1.82) is 0 Å². The van der Waals surface area contributed by atoms with E-state index in [4.69, 9.17) is 0 Å². The van der Waals surface area contributed by atoms with Crippen molar-refractivity contribution >= 4 is 12.2 Å². The molecule has 0 saturated carbocycles. The van der Waals surface area contributed by atoms with Gasteiger partial charge in [0, 0.05) is 0 Å². The number of allylic oxidation sites excluding steroid dienone is 2. The third kappa shape index (κ3) is 1.85. The number of rotatable bonds is 1. The first-order chi connectivity index (χ1) is 4.93. The smallest absolute Gasteiger partial charge is 0.212 e. The van der Waals surface area contributed by atoms with E-state index >= 15 is 0 Å². The van der Waals surface area contributed by atoms with Crippen LogP contribution in [-0.4, -0.2) is 18.8 Å². The Morgan fingerprint density at radius 2 is 2.50 bits per heavy atom. The van der Waals surface area contributed by atoms with Crippen LogP contribution in [0.2, 0.25) is 0 Å². The molecule has 1 amide bonds.